The first kappa shape index (κ1) is 82.5. The maximum absolute atomic E-state index is 13.4. The Hall–Kier alpha value is -1.73. The molecule has 17 atom stereocenters. The van der Waals surface area contributed by atoms with Gasteiger partial charge in [-0.1, -0.05) is 276 Å². The number of ether oxygens (including phenoxy) is 6. The molecule has 3 heterocycles. The number of carbonyl (C=O) groups is 1. The van der Waals surface area contributed by atoms with E-state index in [1.54, 1.807) is 6.08 Å². The monoisotopic (exact) mass is 1290 g/mol. The Balaban J connectivity index is 1.29. The predicted octanol–water partition coefficient (Wildman–Crippen LogP) is 10.2. The quantitative estimate of drug-likeness (QED) is 0.0199. The average Bonchev–Trinajstić information content (AvgIpc) is 0.881. The molecule has 12 N–H and O–H groups in total. The predicted molar refractivity (Wildman–Crippen MR) is 351 cm³/mol. The number of hydrogen-bond donors (Lipinski definition) is 12. The Morgan fingerprint density at radius 3 is 1.11 bits per heavy atom. The van der Waals surface area contributed by atoms with Crippen molar-refractivity contribution in [2.24, 2.45) is 0 Å². The van der Waals surface area contributed by atoms with E-state index in [1.165, 1.54) is 218 Å². The van der Waals surface area contributed by atoms with Crippen LogP contribution >= 0.6 is 0 Å². The van der Waals surface area contributed by atoms with Gasteiger partial charge in [-0.2, -0.15) is 0 Å². The molecule has 0 radical (unpaired) electrons. The third-order valence-electron chi connectivity index (χ3n) is 18.5. The fraction of sp³-hybridized carbons (Fsp3) is 0.930. The van der Waals surface area contributed by atoms with Crippen molar-refractivity contribution in [1.29, 1.82) is 0 Å². The van der Waals surface area contributed by atoms with Crippen LogP contribution in [0.25, 0.3) is 0 Å². The zero-order chi connectivity index (χ0) is 65.4. The van der Waals surface area contributed by atoms with E-state index in [0.717, 1.165) is 38.5 Å². The van der Waals surface area contributed by atoms with Gasteiger partial charge in [0.1, 0.15) is 73.2 Å². The second-order valence-electron chi connectivity index (χ2n) is 26.4. The molecule has 0 aromatic rings. The molecule has 90 heavy (non-hydrogen) atoms. The van der Waals surface area contributed by atoms with Crippen LogP contribution < -0.4 is 5.32 Å². The summed E-state index contributed by atoms with van der Waals surface area (Å²) in [5.74, 6) is -0.282. The third-order valence-corrected chi connectivity index (χ3v) is 18.5. The van der Waals surface area contributed by atoms with E-state index >= 15 is 0 Å². The largest absolute Gasteiger partial charge is 0.394 e. The number of unbranched alkanes of at least 4 members (excludes halogenated alkanes) is 39. The number of hydrogen-bond acceptors (Lipinski definition) is 18. The molecule has 3 aliphatic rings. The van der Waals surface area contributed by atoms with Crippen LogP contribution in [-0.4, -0.2) is 193 Å². The first-order chi connectivity index (χ1) is 43.8. The first-order valence-corrected chi connectivity index (χ1v) is 36.6. The Bertz CT molecular complexity index is 1730. The molecule has 0 bridgehead atoms. The molecule has 17 unspecified atom stereocenters. The minimum absolute atomic E-state index is 0.240. The van der Waals surface area contributed by atoms with Gasteiger partial charge in [-0.15, -0.1) is 0 Å². The van der Waals surface area contributed by atoms with Crippen molar-refractivity contribution >= 4 is 5.91 Å². The maximum Gasteiger partial charge on any atom is 0.220 e. The summed E-state index contributed by atoms with van der Waals surface area (Å²) in [7, 11) is 0. The van der Waals surface area contributed by atoms with Gasteiger partial charge >= 0.3 is 0 Å². The fourth-order valence-corrected chi connectivity index (χ4v) is 12.6. The van der Waals surface area contributed by atoms with Crippen molar-refractivity contribution in [1.82, 2.24) is 5.32 Å². The molecular formula is C71H133NO18. The maximum atomic E-state index is 13.4. The Morgan fingerprint density at radius 2 is 0.711 bits per heavy atom. The Labute approximate surface area is 543 Å². The molecule has 0 saturated carbocycles. The molecule has 3 saturated heterocycles. The SMILES string of the molecule is CCCCCC/C=C/CC/C=C/C(O)C(COC1OC(CO)C(OC2OC(CO)C(OC3OC(CO)C(O)C(O)C3O)C(O)C2O)C(O)C1O)NC(=O)CCCCCCCCCCCCCCCCCCCCCCCCCCCCCCCCCCCCC. The molecule has 3 fully saturated rings. The highest BCUT2D eigenvalue weighted by Crippen LogP contribution is 2.33. The molecule has 530 valence electrons. The van der Waals surface area contributed by atoms with Gasteiger partial charge in [-0.25, -0.2) is 0 Å². The lowest BCUT2D eigenvalue weighted by molar-refractivity contribution is -0.379. The van der Waals surface area contributed by atoms with Crippen molar-refractivity contribution in [3.63, 3.8) is 0 Å². The average molecular weight is 1290 g/mol. The highest BCUT2D eigenvalue weighted by molar-refractivity contribution is 5.76. The zero-order valence-electron chi connectivity index (χ0n) is 56.1. The molecule has 19 heteroatoms. The van der Waals surface area contributed by atoms with E-state index in [9.17, 15) is 61.0 Å². The van der Waals surface area contributed by atoms with E-state index in [0.29, 0.717) is 12.8 Å². The van der Waals surface area contributed by atoms with Crippen molar-refractivity contribution in [2.45, 2.75) is 394 Å². The lowest BCUT2D eigenvalue weighted by Crippen LogP contribution is -2.66. The second kappa shape index (κ2) is 53.4. The lowest BCUT2D eigenvalue weighted by Gasteiger charge is -2.48. The van der Waals surface area contributed by atoms with Gasteiger partial charge in [0.05, 0.1) is 38.6 Å². The van der Waals surface area contributed by atoms with Crippen LogP contribution in [0.5, 0.6) is 0 Å². The van der Waals surface area contributed by atoms with Gasteiger partial charge in [0.25, 0.3) is 0 Å². The fourth-order valence-electron chi connectivity index (χ4n) is 12.6. The lowest BCUT2D eigenvalue weighted by atomic mass is 9.96. The van der Waals surface area contributed by atoms with Gasteiger partial charge in [-0.05, 0) is 32.1 Å². The van der Waals surface area contributed by atoms with Gasteiger partial charge in [0.15, 0.2) is 18.9 Å². The van der Waals surface area contributed by atoms with Crippen LogP contribution in [0.15, 0.2) is 24.3 Å². The normalized spacial score (nSPS) is 28.1. The molecular weight excluding hydrogens is 1150 g/mol. The molecule has 0 aromatic heterocycles. The smallest absolute Gasteiger partial charge is 0.220 e. The summed E-state index contributed by atoms with van der Waals surface area (Å²) in [6.07, 6.45) is 35.1. The minimum atomic E-state index is -1.98. The third kappa shape index (κ3) is 34.8. The summed E-state index contributed by atoms with van der Waals surface area (Å²) in [5.41, 5.74) is 0. The number of amides is 1. The summed E-state index contributed by atoms with van der Waals surface area (Å²) in [5, 5.41) is 120. The Morgan fingerprint density at radius 1 is 0.389 bits per heavy atom. The Kier molecular flexibility index (Phi) is 49.0. The summed E-state index contributed by atoms with van der Waals surface area (Å²) in [6.45, 7) is 1.69. The zero-order valence-corrected chi connectivity index (χ0v) is 56.1. The topological polar surface area (TPSA) is 307 Å². The molecule has 1 amide bonds. The molecule has 0 aromatic carbocycles. The molecule has 19 nitrogen and oxygen atoms in total. The number of aliphatic hydroxyl groups is 11. The second-order valence-corrected chi connectivity index (χ2v) is 26.4. The summed E-state index contributed by atoms with van der Waals surface area (Å²) in [4.78, 5) is 13.4. The van der Waals surface area contributed by atoms with E-state index in [-0.39, 0.29) is 18.9 Å². The van der Waals surface area contributed by atoms with E-state index in [2.05, 4.69) is 31.3 Å². The van der Waals surface area contributed by atoms with Gasteiger partial charge < -0.3 is 89.9 Å². The van der Waals surface area contributed by atoms with Crippen molar-refractivity contribution in [3.05, 3.63) is 24.3 Å². The van der Waals surface area contributed by atoms with E-state index in [4.69, 9.17) is 28.4 Å². The number of nitrogens with one attached hydrogen (secondary N) is 1. The van der Waals surface area contributed by atoms with Gasteiger partial charge in [-0.3, -0.25) is 4.79 Å². The molecule has 0 spiro atoms. The van der Waals surface area contributed by atoms with Crippen molar-refractivity contribution < 1.29 is 89.4 Å². The van der Waals surface area contributed by atoms with Crippen LogP contribution in [0, 0.1) is 0 Å². The van der Waals surface area contributed by atoms with Crippen LogP contribution in [0.2, 0.25) is 0 Å². The highest BCUT2D eigenvalue weighted by Gasteiger charge is 2.53. The first-order valence-electron chi connectivity index (χ1n) is 36.6. The van der Waals surface area contributed by atoms with Crippen LogP contribution in [0.1, 0.15) is 290 Å². The number of aliphatic hydroxyl groups excluding tert-OH is 11. The molecule has 3 aliphatic heterocycles. The standard InChI is InChI=1S/C71H133NO18/c1-3-5-7-9-11-13-15-16-17-18-19-20-21-22-23-24-25-26-27-28-29-30-31-32-33-34-35-36-37-38-39-41-43-45-47-49-59(77)72-54(55(76)48-46-44-42-40-14-12-10-8-6-4-2)53-85-69-65(83)62(80)67(57(51-74)87-69)90-71-66(84)63(81)68(58(52-75)88-71)89-70-64(82)61(79)60(78)56(50-73)86-70/h14,40,46,48,54-58,60-71,73-76,78-84H,3-13,15-39,41-45,47,49-53H2,1-2H3,(H,72,77)/b40-14+,48-46+. The van der Waals surface area contributed by atoms with Crippen LogP contribution in [0.3, 0.4) is 0 Å². The van der Waals surface area contributed by atoms with Crippen LogP contribution in [0.4, 0.5) is 0 Å². The van der Waals surface area contributed by atoms with Gasteiger partial charge in [0.2, 0.25) is 5.91 Å². The number of allylic oxidation sites excluding steroid dienone is 3. The number of rotatable bonds is 57. The number of carbonyl (C=O) groups excluding carboxylic acids is 1. The molecule has 0 aliphatic carbocycles. The van der Waals surface area contributed by atoms with E-state index < -0.39 is 124 Å². The van der Waals surface area contributed by atoms with Gasteiger partial charge in [0, 0.05) is 6.42 Å². The summed E-state index contributed by atoms with van der Waals surface area (Å²) >= 11 is 0. The van der Waals surface area contributed by atoms with E-state index in [1.807, 2.05) is 6.08 Å². The van der Waals surface area contributed by atoms with Crippen molar-refractivity contribution in [3.8, 4) is 0 Å². The summed E-state index contributed by atoms with van der Waals surface area (Å²) in [6, 6.07) is -0.985. The minimum Gasteiger partial charge on any atom is -0.394 e. The van der Waals surface area contributed by atoms with Crippen LogP contribution in [-0.2, 0) is 33.2 Å². The van der Waals surface area contributed by atoms with Crippen molar-refractivity contribution in [2.75, 3.05) is 26.4 Å². The highest BCUT2D eigenvalue weighted by atomic mass is 16.8. The molecule has 3 rings (SSSR count). The summed E-state index contributed by atoms with van der Waals surface area (Å²) < 4.78 is 34.3.